The third-order valence-corrected chi connectivity index (χ3v) is 9.71. The molecular formula is C34H32F3N5O5. The minimum Gasteiger partial charge on any atom is -0.489 e. The van der Waals surface area contributed by atoms with Crippen molar-refractivity contribution in [2.45, 2.75) is 68.5 Å². The number of aromatic nitrogens is 3. The van der Waals surface area contributed by atoms with Gasteiger partial charge < -0.3 is 25.6 Å². The fraction of sp³-hybridized carbons (Fsp3) is 0.412. The lowest BCUT2D eigenvalue weighted by Gasteiger charge is -2.30. The van der Waals surface area contributed by atoms with Gasteiger partial charge in [0, 0.05) is 34.7 Å². The van der Waals surface area contributed by atoms with E-state index < -0.39 is 45.8 Å². The molecule has 2 amide bonds. The van der Waals surface area contributed by atoms with Gasteiger partial charge in [-0.2, -0.15) is 5.10 Å². The van der Waals surface area contributed by atoms with Crippen molar-refractivity contribution in [1.82, 2.24) is 19.9 Å². The minimum absolute atomic E-state index is 0.00855. The predicted molar refractivity (Wildman–Crippen MR) is 161 cm³/mol. The average molecular weight is 648 g/mol. The smallest absolute Gasteiger partial charge is 0.251 e. The maximum absolute atomic E-state index is 15.1. The molecule has 47 heavy (non-hydrogen) atoms. The van der Waals surface area contributed by atoms with Crippen LogP contribution in [-0.4, -0.2) is 50.8 Å². The summed E-state index contributed by atoms with van der Waals surface area (Å²) < 4.78 is 56.9. The van der Waals surface area contributed by atoms with Crippen LogP contribution in [0, 0.1) is 23.4 Å². The number of primary amides is 1. The summed E-state index contributed by atoms with van der Waals surface area (Å²) in [5, 5.41) is 19.8. The third kappa shape index (κ3) is 5.07. The summed E-state index contributed by atoms with van der Waals surface area (Å²) in [7, 11) is 0. The molecule has 4 N–H and O–H groups in total. The van der Waals surface area contributed by atoms with E-state index in [1.54, 1.807) is 16.6 Å². The first-order valence-electron chi connectivity index (χ1n) is 15.8. The highest BCUT2D eigenvalue weighted by Crippen LogP contribution is 2.50. The van der Waals surface area contributed by atoms with Crippen molar-refractivity contribution >= 4 is 17.3 Å². The Bertz CT molecular complexity index is 1990. The van der Waals surface area contributed by atoms with Gasteiger partial charge in [-0.25, -0.2) is 22.7 Å². The van der Waals surface area contributed by atoms with Gasteiger partial charge in [0.1, 0.15) is 41.0 Å². The second-order valence-electron chi connectivity index (χ2n) is 13.4. The lowest BCUT2D eigenvalue weighted by molar-refractivity contribution is -0.123. The number of rotatable bonds is 10. The molecule has 244 valence electrons. The van der Waals surface area contributed by atoms with Crippen molar-refractivity contribution in [2.24, 2.45) is 11.7 Å². The molecule has 3 aromatic heterocycles. The van der Waals surface area contributed by atoms with Gasteiger partial charge in [0.15, 0.2) is 11.6 Å². The number of amides is 2. The van der Waals surface area contributed by atoms with Crippen LogP contribution in [0.15, 0.2) is 36.4 Å². The summed E-state index contributed by atoms with van der Waals surface area (Å²) in [5.74, 6) is -4.52. The molecule has 0 unspecified atom stereocenters. The second kappa shape index (κ2) is 10.4. The highest BCUT2D eigenvalue weighted by molar-refractivity contribution is 5.96. The normalized spacial score (nSPS) is 21.6. The lowest BCUT2D eigenvalue weighted by Crippen LogP contribution is -2.44. The van der Waals surface area contributed by atoms with Gasteiger partial charge in [-0.05, 0) is 75.6 Å². The molecule has 1 aliphatic heterocycles. The molecule has 0 saturated heterocycles. The van der Waals surface area contributed by atoms with E-state index in [0.717, 1.165) is 36.9 Å². The minimum atomic E-state index is -1.77. The molecule has 3 aliphatic carbocycles. The Morgan fingerprint density at radius 3 is 2.49 bits per heavy atom. The number of carbonyl (C=O) groups is 2. The van der Waals surface area contributed by atoms with Gasteiger partial charge >= 0.3 is 0 Å². The van der Waals surface area contributed by atoms with Crippen molar-refractivity contribution in [3.05, 3.63) is 76.4 Å². The Labute approximate surface area is 267 Å². The first kappa shape index (κ1) is 29.7. The highest BCUT2D eigenvalue weighted by atomic mass is 19.2. The van der Waals surface area contributed by atoms with Gasteiger partial charge in [0.2, 0.25) is 11.8 Å². The number of nitrogens with one attached hydrogen (secondary N) is 1. The van der Waals surface area contributed by atoms with Gasteiger partial charge in [-0.3, -0.25) is 9.59 Å². The van der Waals surface area contributed by atoms with Crippen molar-refractivity contribution < 1.29 is 37.3 Å². The number of pyridine rings is 2. The van der Waals surface area contributed by atoms with Crippen LogP contribution < -0.4 is 20.5 Å². The Balaban J connectivity index is 1.17. The highest BCUT2D eigenvalue weighted by Gasteiger charge is 2.50. The lowest BCUT2D eigenvalue weighted by atomic mass is 9.81. The van der Waals surface area contributed by atoms with Crippen LogP contribution in [-0.2, 0) is 15.8 Å². The fourth-order valence-corrected chi connectivity index (χ4v) is 6.26. The van der Waals surface area contributed by atoms with Crippen LogP contribution in [0.4, 0.5) is 13.2 Å². The maximum Gasteiger partial charge on any atom is 0.251 e. The van der Waals surface area contributed by atoms with Crippen LogP contribution in [0.2, 0.25) is 0 Å². The molecule has 3 saturated carbocycles. The van der Waals surface area contributed by atoms with Gasteiger partial charge in [-0.15, -0.1) is 0 Å². The molecule has 0 radical (unpaired) electrons. The number of fused-ring (bicyclic) bond motifs is 2. The first-order chi connectivity index (χ1) is 22.4. The van der Waals surface area contributed by atoms with E-state index in [9.17, 15) is 23.5 Å². The Hall–Kier alpha value is -4.65. The number of carbonyl (C=O) groups excluding carboxylic acids is 2. The van der Waals surface area contributed by atoms with Crippen LogP contribution in [0.1, 0.15) is 78.7 Å². The fourth-order valence-electron chi connectivity index (χ4n) is 6.26. The molecule has 3 fully saturated rings. The Kier molecular flexibility index (Phi) is 6.60. The summed E-state index contributed by atoms with van der Waals surface area (Å²) in [4.78, 5) is 30.8. The molecule has 0 spiro atoms. The predicted octanol–water partition coefficient (Wildman–Crippen LogP) is 4.40. The van der Waals surface area contributed by atoms with Crippen LogP contribution in [0.3, 0.4) is 0 Å². The van der Waals surface area contributed by atoms with Gasteiger partial charge in [0.25, 0.3) is 5.91 Å². The zero-order chi connectivity index (χ0) is 32.8. The molecule has 2 atom stereocenters. The zero-order valence-electron chi connectivity index (χ0n) is 25.5. The van der Waals surface area contributed by atoms with E-state index in [1.807, 2.05) is 6.07 Å². The van der Waals surface area contributed by atoms with Crippen molar-refractivity contribution in [2.75, 3.05) is 13.2 Å². The number of nitrogens with zero attached hydrogens (tertiary/aromatic N) is 3. The summed E-state index contributed by atoms with van der Waals surface area (Å²) in [6.07, 6.45) is 5.27. The largest absolute Gasteiger partial charge is 0.489 e. The molecule has 4 heterocycles. The van der Waals surface area contributed by atoms with E-state index >= 15 is 4.39 Å². The number of halogens is 3. The summed E-state index contributed by atoms with van der Waals surface area (Å²) in [5.41, 5.74) is 4.17. The number of benzene rings is 1. The number of hydrogen-bond donors (Lipinski definition) is 3. The standard InChI is InChI=1S/C34H32F3N5O5/c1-33(32(38)44)15-46-30-22(33)12-27(40-29(30)21-11-24(36)25(37)13-23(21)35)34(45,18-4-5-18)14-39-31(43)17-8-19-10-26(16-2-3-16)41-42(19)28(9-17)47-20-6-7-20/h8-13,16,18,20,45H,2-7,14-15H2,1H3,(H2,38,44)(H,39,43)/t33-,34+/m0/s1. The zero-order valence-corrected chi connectivity index (χ0v) is 25.5. The monoisotopic (exact) mass is 647 g/mol. The maximum atomic E-state index is 15.1. The van der Waals surface area contributed by atoms with Gasteiger partial charge in [-0.1, -0.05) is 0 Å². The van der Waals surface area contributed by atoms with E-state index in [2.05, 4.69) is 10.3 Å². The Morgan fingerprint density at radius 2 is 1.81 bits per heavy atom. The third-order valence-electron chi connectivity index (χ3n) is 9.71. The molecule has 8 rings (SSSR count). The molecule has 10 nitrogen and oxygen atoms in total. The molecule has 1 aromatic carbocycles. The average Bonchev–Trinajstić information content (AvgIpc) is 3.92. The van der Waals surface area contributed by atoms with E-state index in [1.165, 1.54) is 13.0 Å². The first-order valence-corrected chi connectivity index (χ1v) is 15.8. The molecular weight excluding hydrogens is 615 g/mol. The molecule has 4 aliphatic rings. The molecule has 4 aromatic rings. The SMILES string of the molecule is C[C@]1(C(N)=O)COc2c1cc([C@@](O)(CNC(=O)c1cc(OC3CC3)n3nc(C4CC4)cc3c1)C1CC1)nc2-c1cc(F)c(F)cc1F. The number of hydrogen-bond acceptors (Lipinski definition) is 7. The van der Waals surface area contributed by atoms with Crippen LogP contribution >= 0.6 is 0 Å². The molecule has 13 heteroatoms. The van der Waals surface area contributed by atoms with Gasteiger partial charge in [0.05, 0.1) is 23.4 Å². The van der Waals surface area contributed by atoms with E-state index in [-0.39, 0.29) is 47.9 Å². The number of nitrogens with two attached hydrogens (primary N) is 1. The van der Waals surface area contributed by atoms with Crippen molar-refractivity contribution in [1.29, 1.82) is 0 Å². The number of ether oxygens (including phenoxy) is 2. The number of aliphatic hydroxyl groups is 1. The van der Waals surface area contributed by atoms with Crippen LogP contribution in [0.5, 0.6) is 11.6 Å². The summed E-state index contributed by atoms with van der Waals surface area (Å²) in [6, 6.07) is 7.83. The second-order valence-corrected chi connectivity index (χ2v) is 13.4. The van der Waals surface area contributed by atoms with Crippen molar-refractivity contribution in [3.8, 4) is 22.9 Å². The summed E-state index contributed by atoms with van der Waals surface area (Å²) in [6.45, 7) is 1.05. The topological polar surface area (TPSA) is 141 Å². The van der Waals surface area contributed by atoms with Crippen LogP contribution in [0.25, 0.3) is 16.8 Å². The summed E-state index contributed by atoms with van der Waals surface area (Å²) >= 11 is 0. The quantitative estimate of drug-likeness (QED) is 0.217. The van der Waals surface area contributed by atoms with E-state index in [4.69, 9.17) is 20.3 Å². The van der Waals surface area contributed by atoms with Crippen molar-refractivity contribution in [3.63, 3.8) is 0 Å². The Morgan fingerprint density at radius 1 is 1.06 bits per heavy atom. The molecule has 0 bridgehead atoms. The van der Waals surface area contributed by atoms with E-state index in [0.29, 0.717) is 42.3 Å².